The molecular weight excluding hydrogens is 422 g/mol. The molecule has 1 N–H and O–H groups in total. The molecule has 7 nitrogen and oxygen atoms in total. The number of carbonyl (C=O) groups excluding carboxylic acids is 2. The summed E-state index contributed by atoms with van der Waals surface area (Å²) in [6.45, 7) is 5.52. The quantitative estimate of drug-likeness (QED) is 0.703. The lowest BCUT2D eigenvalue weighted by atomic mass is 9.95. The van der Waals surface area contributed by atoms with E-state index in [4.69, 9.17) is 0 Å². The normalized spacial score (nSPS) is 15.4. The first-order valence-corrected chi connectivity index (χ1v) is 12.4. The van der Waals surface area contributed by atoms with Crippen LogP contribution < -0.4 is 5.32 Å². The molecule has 0 spiro atoms. The van der Waals surface area contributed by atoms with Crippen molar-refractivity contribution in [2.24, 2.45) is 5.92 Å². The Morgan fingerprint density at radius 1 is 1.10 bits per heavy atom. The van der Waals surface area contributed by atoms with Crippen LogP contribution in [0.3, 0.4) is 0 Å². The van der Waals surface area contributed by atoms with Crippen molar-refractivity contribution in [3.05, 3.63) is 46.7 Å². The highest BCUT2D eigenvalue weighted by atomic mass is 32.2. The van der Waals surface area contributed by atoms with Crippen LogP contribution in [0.4, 0.5) is 5.69 Å². The van der Waals surface area contributed by atoms with Crippen LogP contribution >= 0.6 is 11.3 Å². The van der Waals surface area contributed by atoms with Crippen molar-refractivity contribution in [3.63, 3.8) is 0 Å². The number of hydrogen-bond donors (Lipinski definition) is 1. The molecule has 0 saturated carbocycles. The summed E-state index contributed by atoms with van der Waals surface area (Å²) >= 11 is 1.42. The lowest BCUT2D eigenvalue weighted by Gasteiger charge is -2.31. The molecule has 1 aliphatic heterocycles. The number of hydrogen-bond acceptors (Lipinski definition) is 5. The highest BCUT2D eigenvalue weighted by Gasteiger charge is 2.28. The molecule has 0 aliphatic carbocycles. The minimum atomic E-state index is -3.52. The van der Waals surface area contributed by atoms with Crippen LogP contribution in [0.5, 0.6) is 0 Å². The summed E-state index contributed by atoms with van der Waals surface area (Å²) in [5.41, 5.74) is 0.565. The van der Waals surface area contributed by atoms with Crippen LogP contribution in [0, 0.1) is 5.92 Å². The number of amides is 2. The monoisotopic (exact) mass is 449 g/mol. The fourth-order valence-corrected chi connectivity index (χ4v) is 5.72. The second kappa shape index (κ2) is 9.72. The molecule has 0 unspecified atom stereocenters. The zero-order chi connectivity index (χ0) is 21.7. The summed E-state index contributed by atoms with van der Waals surface area (Å²) in [6, 6.07) is 9.94. The largest absolute Gasteiger partial charge is 0.338 e. The Morgan fingerprint density at radius 3 is 2.27 bits per heavy atom. The number of thiophene rings is 1. The van der Waals surface area contributed by atoms with Crippen molar-refractivity contribution in [3.8, 4) is 0 Å². The summed E-state index contributed by atoms with van der Waals surface area (Å²) in [5, 5.41) is 4.75. The maximum Gasteiger partial charge on any atom is 0.263 e. The Bertz CT molecular complexity index is 960. The fourth-order valence-electron chi connectivity index (χ4n) is 3.57. The first-order valence-electron chi connectivity index (χ1n) is 10.1. The van der Waals surface area contributed by atoms with E-state index in [0.717, 1.165) is 4.88 Å². The number of rotatable bonds is 7. The van der Waals surface area contributed by atoms with Crippen molar-refractivity contribution in [2.45, 2.75) is 31.6 Å². The molecule has 1 aliphatic rings. The molecule has 1 fully saturated rings. The predicted molar refractivity (Wildman–Crippen MR) is 118 cm³/mol. The fraction of sp³-hybridized carbons (Fsp3) is 0.429. The number of anilines is 1. The molecule has 1 aromatic carbocycles. The smallest absolute Gasteiger partial charge is 0.263 e. The zero-order valence-electron chi connectivity index (χ0n) is 17.2. The Labute approximate surface area is 181 Å². The third-order valence-electron chi connectivity index (χ3n) is 5.35. The van der Waals surface area contributed by atoms with Crippen LogP contribution in [-0.2, 0) is 14.8 Å². The van der Waals surface area contributed by atoms with Gasteiger partial charge >= 0.3 is 0 Å². The van der Waals surface area contributed by atoms with Crippen molar-refractivity contribution in [1.82, 2.24) is 9.21 Å². The molecule has 0 atom stereocenters. The molecule has 9 heteroatoms. The van der Waals surface area contributed by atoms with Gasteiger partial charge in [0, 0.05) is 37.8 Å². The summed E-state index contributed by atoms with van der Waals surface area (Å²) in [6.07, 6.45) is 1.22. The van der Waals surface area contributed by atoms with Crippen molar-refractivity contribution in [2.75, 3.05) is 31.5 Å². The van der Waals surface area contributed by atoms with E-state index in [1.54, 1.807) is 30.9 Å². The van der Waals surface area contributed by atoms with E-state index in [0.29, 0.717) is 44.7 Å². The molecule has 0 bridgehead atoms. The van der Waals surface area contributed by atoms with Gasteiger partial charge in [-0.15, -0.1) is 11.3 Å². The van der Waals surface area contributed by atoms with Gasteiger partial charge in [-0.3, -0.25) is 9.59 Å². The number of nitrogens with one attached hydrogen (secondary N) is 1. The Morgan fingerprint density at radius 2 is 1.73 bits per heavy atom. The van der Waals surface area contributed by atoms with E-state index >= 15 is 0 Å². The highest BCUT2D eigenvalue weighted by Crippen LogP contribution is 2.23. The summed E-state index contributed by atoms with van der Waals surface area (Å²) in [4.78, 5) is 27.8. The van der Waals surface area contributed by atoms with Crippen molar-refractivity contribution < 1.29 is 18.0 Å². The summed E-state index contributed by atoms with van der Waals surface area (Å²) in [5.74, 6) is -0.247. The predicted octanol–water partition coefficient (Wildman–Crippen LogP) is 3.27. The Hall–Kier alpha value is -2.23. The van der Waals surface area contributed by atoms with Gasteiger partial charge in [0.15, 0.2) is 0 Å². The SMILES string of the molecule is CCN(CC)S(=O)(=O)c1ccc(NC(=O)C2CCN(C(=O)c3cccs3)CC2)cc1. The summed E-state index contributed by atoms with van der Waals surface area (Å²) < 4.78 is 26.5. The van der Waals surface area contributed by atoms with E-state index in [1.807, 2.05) is 17.5 Å². The Balaban J connectivity index is 1.56. The lowest BCUT2D eigenvalue weighted by molar-refractivity contribution is -0.121. The molecular formula is C21H27N3O4S2. The molecule has 2 amide bonds. The van der Waals surface area contributed by atoms with Gasteiger partial charge in [-0.1, -0.05) is 19.9 Å². The van der Waals surface area contributed by atoms with Gasteiger partial charge in [0.25, 0.3) is 5.91 Å². The third kappa shape index (κ3) is 4.91. The van der Waals surface area contributed by atoms with Crippen molar-refractivity contribution in [1.29, 1.82) is 0 Å². The minimum absolute atomic E-state index is 0.0221. The third-order valence-corrected chi connectivity index (χ3v) is 8.27. The molecule has 30 heavy (non-hydrogen) atoms. The summed E-state index contributed by atoms with van der Waals surface area (Å²) in [7, 11) is -3.52. The van der Waals surface area contributed by atoms with Crippen LogP contribution in [0.25, 0.3) is 0 Å². The van der Waals surface area contributed by atoms with Gasteiger partial charge in [0.05, 0.1) is 9.77 Å². The van der Waals surface area contributed by atoms with Gasteiger partial charge in [0.1, 0.15) is 0 Å². The average Bonchev–Trinajstić information content (AvgIpc) is 3.29. The maximum absolute atomic E-state index is 12.6. The van der Waals surface area contributed by atoms with E-state index in [9.17, 15) is 18.0 Å². The van der Waals surface area contributed by atoms with E-state index < -0.39 is 10.0 Å². The molecule has 1 saturated heterocycles. The second-order valence-electron chi connectivity index (χ2n) is 7.15. The molecule has 3 rings (SSSR count). The topological polar surface area (TPSA) is 86.8 Å². The van der Waals surface area contributed by atoms with Gasteiger partial charge < -0.3 is 10.2 Å². The second-order valence-corrected chi connectivity index (χ2v) is 10.0. The number of nitrogens with zero attached hydrogens (tertiary/aromatic N) is 2. The first-order chi connectivity index (χ1) is 14.4. The van der Waals surface area contributed by atoms with Gasteiger partial charge in [-0.2, -0.15) is 4.31 Å². The Kier molecular flexibility index (Phi) is 7.27. The maximum atomic E-state index is 12.6. The number of carbonyl (C=O) groups is 2. The molecule has 2 heterocycles. The zero-order valence-corrected chi connectivity index (χ0v) is 18.8. The van der Waals surface area contributed by atoms with Gasteiger partial charge in [0.2, 0.25) is 15.9 Å². The molecule has 162 valence electrons. The van der Waals surface area contributed by atoms with Crippen LogP contribution in [0.1, 0.15) is 36.4 Å². The number of sulfonamides is 1. The van der Waals surface area contributed by atoms with E-state index in [-0.39, 0.29) is 22.6 Å². The number of likely N-dealkylation sites (tertiary alicyclic amines) is 1. The molecule has 2 aromatic rings. The lowest BCUT2D eigenvalue weighted by Crippen LogP contribution is -2.41. The molecule has 1 aromatic heterocycles. The van der Waals surface area contributed by atoms with E-state index in [2.05, 4.69) is 5.32 Å². The van der Waals surface area contributed by atoms with Crippen LogP contribution in [0.15, 0.2) is 46.7 Å². The van der Waals surface area contributed by atoms with Gasteiger partial charge in [-0.25, -0.2) is 8.42 Å². The molecule has 0 radical (unpaired) electrons. The number of benzene rings is 1. The highest BCUT2D eigenvalue weighted by molar-refractivity contribution is 7.89. The standard InChI is InChI=1S/C21H27N3O4S2/c1-3-24(4-2)30(27,28)18-9-7-17(8-10-18)22-20(25)16-11-13-23(14-12-16)21(26)19-6-5-15-29-19/h5-10,15-16H,3-4,11-14H2,1-2H3,(H,22,25). The van der Waals surface area contributed by atoms with E-state index in [1.165, 1.54) is 27.8 Å². The van der Waals surface area contributed by atoms with Crippen molar-refractivity contribution >= 4 is 38.9 Å². The average molecular weight is 450 g/mol. The first kappa shape index (κ1) is 22.5. The van der Waals surface area contributed by atoms with Crippen LogP contribution in [-0.4, -0.2) is 55.6 Å². The number of piperidine rings is 1. The minimum Gasteiger partial charge on any atom is -0.338 e. The van der Waals surface area contributed by atoms with Gasteiger partial charge in [-0.05, 0) is 48.6 Å². The van der Waals surface area contributed by atoms with Crippen LogP contribution in [0.2, 0.25) is 0 Å².